The minimum absolute atomic E-state index is 0.0329. The topological polar surface area (TPSA) is 110 Å². The van der Waals surface area contributed by atoms with Crippen LogP contribution in [0.15, 0.2) is 22.6 Å². The van der Waals surface area contributed by atoms with Gasteiger partial charge in [-0.05, 0) is 23.3 Å². The van der Waals surface area contributed by atoms with Crippen molar-refractivity contribution in [3.05, 3.63) is 40.8 Å². The fraction of sp³-hybridized carbons (Fsp3) is 0.154. The number of nitrogens with zero attached hydrogens (tertiary/aromatic N) is 1. The lowest BCUT2D eigenvalue weighted by Gasteiger charge is -1.99. The van der Waals surface area contributed by atoms with Crippen molar-refractivity contribution in [3.8, 4) is 11.5 Å². The molecule has 0 fully saturated rings. The maximum absolute atomic E-state index is 11.0. The summed E-state index contributed by atoms with van der Waals surface area (Å²) in [6.07, 6.45) is 0. The molecule has 0 unspecified atom stereocenters. The number of benzene rings is 1. The lowest BCUT2D eigenvalue weighted by Crippen LogP contribution is -2.05. The Bertz CT molecular complexity index is 686. The maximum Gasteiger partial charge on any atom is 0.374 e. The summed E-state index contributed by atoms with van der Waals surface area (Å²) in [6, 6.07) is 5.27. The van der Waals surface area contributed by atoms with Gasteiger partial charge in [0.05, 0.1) is 13.2 Å². The summed E-state index contributed by atoms with van der Waals surface area (Å²) in [4.78, 5) is 25.6. The van der Waals surface area contributed by atoms with Crippen LogP contribution in [0.5, 0.6) is 0 Å². The van der Waals surface area contributed by atoms with E-state index in [2.05, 4.69) is 4.98 Å². The van der Waals surface area contributed by atoms with Crippen molar-refractivity contribution in [1.82, 2.24) is 4.98 Å². The van der Waals surface area contributed by atoms with E-state index < -0.39 is 23.4 Å². The van der Waals surface area contributed by atoms with E-state index in [1.165, 1.54) is 0 Å². The summed E-state index contributed by atoms with van der Waals surface area (Å²) in [6.45, 7) is 0.989. The zero-order valence-electron chi connectivity index (χ0n) is 10.1. The molecule has 0 bridgehead atoms. The first-order valence-electron chi connectivity index (χ1n) is 5.73. The molecule has 1 aromatic carbocycles. The zero-order chi connectivity index (χ0) is 14.3. The second-order valence-corrected chi connectivity index (χ2v) is 4.28. The molecule has 0 saturated heterocycles. The Labute approximate surface area is 112 Å². The molecule has 2 N–H and O–H groups in total. The molecular weight excluding hydrogens is 266 g/mol. The smallest absolute Gasteiger partial charge is 0.374 e. The number of hydrogen-bond acceptors (Lipinski definition) is 5. The molecule has 3 rings (SSSR count). The first kappa shape index (κ1) is 12.4. The Kier molecular flexibility index (Phi) is 2.76. The van der Waals surface area contributed by atoms with Crippen LogP contribution in [-0.2, 0) is 18.0 Å². The van der Waals surface area contributed by atoms with Crippen LogP contribution in [0.4, 0.5) is 0 Å². The summed E-state index contributed by atoms with van der Waals surface area (Å²) in [5.41, 5.74) is 1.90. The number of fused-ring (bicyclic) bond motifs is 1. The molecular formula is C13H9NO6. The molecule has 1 aliphatic heterocycles. The summed E-state index contributed by atoms with van der Waals surface area (Å²) in [5.74, 6) is -3.62. The fourth-order valence-electron chi connectivity index (χ4n) is 2.04. The zero-order valence-corrected chi connectivity index (χ0v) is 10.1. The third kappa shape index (κ3) is 1.94. The Hall–Kier alpha value is -2.67. The number of aromatic carboxylic acids is 2. The highest BCUT2D eigenvalue weighted by molar-refractivity contribution is 5.98. The first-order chi connectivity index (χ1) is 9.56. The normalized spacial score (nSPS) is 13.2. The van der Waals surface area contributed by atoms with E-state index in [1.54, 1.807) is 12.1 Å². The summed E-state index contributed by atoms with van der Waals surface area (Å²) in [7, 11) is 0. The number of ether oxygens (including phenoxy) is 1. The molecule has 0 saturated carbocycles. The Morgan fingerprint density at radius 3 is 2.50 bits per heavy atom. The molecule has 7 nitrogen and oxygen atoms in total. The van der Waals surface area contributed by atoms with Gasteiger partial charge < -0.3 is 19.4 Å². The van der Waals surface area contributed by atoms with E-state index in [-0.39, 0.29) is 5.89 Å². The molecule has 2 heterocycles. The number of hydrogen-bond donors (Lipinski definition) is 2. The van der Waals surface area contributed by atoms with Gasteiger partial charge in [-0.15, -0.1) is 0 Å². The van der Waals surface area contributed by atoms with Gasteiger partial charge in [-0.1, -0.05) is 6.07 Å². The van der Waals surface area contributed by atoms with E-state index in [4.69, 9.17) is 19.4 Å². The van der Waals surface area contributed by atoms with E-state index in [1.807, 2.05) is 6.07 Å². The minimum Gasteiger partial charge on any atom is -0.476 e. The van der Waals surface area contributed by atoms with Crippen molar-refractivity contribution in [2.45, 2.75) is 13.2 Å². The fourth-order valence-corrected chi connectivity index (χ4v) is 2.04. The van der Waals surface area contributed by atoms with Gasteiger partial charge in [0.1, 0.15) is 0 Å². The first-order valence-corrected chi connectivity index (χ1v) is 5.73. The third-order valence-corrected chi connectivity index (χ3v) is 2.99. The molecule has 0 amide bonds. The number of oxazole rings is 1. The molecule has 20 heavy (non-hydrogen) atoms. The summed E-state index contributed by atoms with van der Waals surface area (Å²) in [5, 5.41) is 17.8. The van der Waals surface area contributed by atoms with Crippen molar-refractivity contribution in [2.75, 3.05) is 0 Å². The number of carboxylic acid groups (broad SMARTS) is 2. The monoisotopic (exact) mass is 275 g/mol. The van der Waals surface area contributed by atoms with Crippen molar-refractivity contribution in [3.63, 3.8) is 0 Å². The molecule has 0 aliphatic carbocycles. The highest BCUT2D eigenvalue weighted by Gasteiger charge is 2.25. The molecule has 0 atom stereocenters. The van der Waals surface area contributed by atoms with Crippen LogP contribution in [0.25, 0.3) is 11.5 Å². The van der Waals surface area contributed by atoms with Crippen LogP contribution in [0, 0.1) is 0 Å². The molecule has 0 radical (unpaired) electrons. The third-order valence-electron chi connectivity index (χ3n) is 2.99. The van der Waals surface area contributed by atoms with E-state index in [9.17, 15) is 9.59 Å². The lowest BCUT2D eigenvalue weighted by atomic mass is 10.1. The van der Waals surface area contributed by atoms with Crippen LogP contribution in [0.3, 0.4) is 0 Å². The molecule has 1 aromatic heterocycles. The summed E-state index contributed by atoms with van der Waals surface area (Å²) < 4.78 is 10.3. The standard InChI is InChI=1S/C13H9NO6/c15-12(16)9-10(13(17)18)20-11(14-9)6-1-2-7-4-19-5-8(7)3-6/h1-3H,4-5H2,(H,15,16)(H,17,18). The largest absolute Gasteiger partial charge is 0.476 e. The molecule has 0 spiro atoms. The lowest BCUT2D eigenvalue weighted by molar-refractivity contribution is 0.0624. The number of carboxylic acids is 2. The molecule has 102 valence electrons. The Balaban J connectivity index is 2.08. The minimum atomic E-state index is -1.47. The van der Waals surface area contributed by atoms with Crippen molar-refractivity contribution in [1.29, 1.82) is 0 Å². The second-order valence-electron chi connectivity index (χ2n) is 4.28. The van der Waals surface area contributed by atoms with Gasteiger partial charge in [0.25, 0.3) is 0 Å². The average Bonchev–Trinajstić information content (AvgIpc) is 3.04. The van der Waals surface area contributed by atoms with Gasteiger partial charge in [0, 0.05) is 5.56 Å². The van der Waals surface area contributed by atoms with Gasteiger partial charge in [-0.2, -0.15) is 0 Å². The van der Waals surface area contributed by atoms with Crippen molar-refractivity contribution >= 4 is 11.9 Å². The van der Waals surface area contributed by atoms with E-state index in [0.717, 1.165) is 11.1 Å². The van der Waals surface area contributed by atoms with Crippen LogP contribution >= 0.6 is 0 Å². The predicted octanol–water partition coefficient (Wildman–Crippen LogP) is 1.77. The van der Waals surface area contributed by atoms with Gasteiger partial charge >= 0.3 is 11.9 Å². The highest BCUT2D eigenvalue weighted by atomic mass is 16.5. The Morgan fingerprint density at radius 2 is 1.85 bits per heavy atom. The van der Waals surface area contributed by atoms with Crippen LogP contribution in [0.2, 0.25) is 0 Å². The molecule has 7 heteroatoms. The maximum atomic E-state index is 11.0. The molecule has 2 aromatic rings. The second kappa shape index (κ2) is 4.46. The molecule has 1 aliphatic rings. The van der Waals surface area contributed by atoms with Crippen molar-refractivity contribution in [2.24, 2.45) is 0 Å². The van der Waals surface area contributed by atoms with Crippen molar-refractivity contribution < 1.29 is 29.0 Å². The van der Waals surface area contributed by atoms with Gasteiger partial charge in [0.2, 0.25) is 17.3 Å². The number of rotatable bonds is 3. The van der Waals surface area contributed by atoms with Crippen LogP contribution in [0.1, 0.15) is 32.2 Å². The summed E-state index contributed by atoms with van der Waals surface area (Å²) >= 11 is 0. The van der Waals surface area contributed by atoms with Gasteiger partial charge in [0.15, 0.2) is 0 Å². The van der Waals surface area contributed by atoms with E-state index >= 15 is 0 Å². The van der Waals surface area contributed by atoms with Crippen LogP contribution in [-0.4, -0.2) is 27.1 Å². The van der Waals surface area contributed by atoms with Crippen LogP contribution < -0.4 is 0 Å². The quantitative estimate of drug-likeness (QED) is 0.878. The SMILES string of the molecule is O=C(O)c1nc(-c2ccc3c(c2)COC3)oc1C(=O)O. The number of aromatic nitrogens is 1. The Morgan fingerprint density at radius 1 is 1.10 bits per heavy atom. The van der Waals surface area contributed by atoms with Gasteiger partial charge in [-0.3, -0.25) is 0 Å². The van der Waals surface area contributed by atoms with E-state index in [0.29, 0.717) is 18.8 Å². The predicted molar refractivity (Wildman–Crippen MR) is 64.4 cm³/mol. The van der Waals surface area contributed by atoms with Gasteiger partial charge in [-0.25, -0.2) is 14.6 Å². The number of carbonyl (C=O) groups is 2. The average molecular weight is 275 g/mol. The highest BCUT2D eigenvalue weighted by Crippen LogP contribution is 2.28.